The molecule has 96 valence electrons. The molecular weight excluding hydrogens is 258 g/mol. The van der Waals surface area contributed by atoms with Gasteiger partial charge in [-0.15, -0.1) is 11.6 Å². The third-order valence-corrected chi connectivity index (χ3v) is 3.62. The normalized spacial score (nSPS) is 13.6. The van der Waals surface area contributed by atoms with Crippen LogP contribution >= 0.6 is 11.6 Å². The third kappa shape index (κ3) is 2.24. The largest absolute Gasteiger partial charge is 0.325 e. The zero-order valence-corrected chi connectivity index (χ0v) is 11.4. The van der Waals surface area contributed by atoms with Crippen LogP contribution in [0.25, 0.3) is 11.1 Å². The fourth-order valence-electron chi connectivity index (χ4n) is 2.46. The Hall–Kier alpha value is -1.80. The molecule has 0 fully saturated rings. The van der Waals surface area contributed by atoms with Gasteiger partial charge in [0.15, 0.2) is 0 Å². The summed E-state index contributed by atoms with van der Waals surface area (Å²) in [7, 11) is 0. The Morgan fingerprint density at radius 2 is 1.89 bits per heavy atom. The highest BCUT2D eigenvalue weighted by atomic mass is 35.5. The van der Waals surface area contributed by atoms with Crippen molar-refractivity contribution in [3.63, 3.8) is 0 Å². The number of nitrogens with one attached hydrogen (secondary N) is 1. The van der Waals surface area contributed by atoms with Gasteiger partial charge in [-0.2, -0.15) is 0 Å². The van der Waals surface area contributed by atoms with Gasteiger partial charge in [0, 0.05) is 5.69 Å². The monoisotopic (exact) mass is 271 g/mol. The highest BCUT2D eigenvalue weighted by Crippen LogP contribution is 2.37. The molecule has 0 heterocycles. The van der Waals surface area contributed by atoms with Crippen molar-refractivity contribution in [3.05, 3.63) is 53.6 Å². The smallest absolute Gasteiger partial charge is 0.242 e. The molecule has 2 nitrogen and oxygen atoms in total. The van der Waals surface area contributed by atoms with Crippen LogP contribution < -0.4 is 5.32 Å². The van der Waals surface area contributed by atoms with E-state index in [4.69, 9.17) is 11.6 Å². The Kier molecular flexibility index (Phi) is 3.03. The van der Waals surface area contributed by atoms with Gasteiger partial charge in [0.05, 0.1) is 0 Å². The van der Waals surface area contributed by atoms with Gasteiger partial charge >= 0.3 is 0 Å². The Morgan fingerprint density at radius 3 is 2.68 bits per heavy atom. The molecule has 3 heteroatoms. The van der Waals surface area contributed by atoms with Crippen LogP contribution in [0, 0.1) is 0 Å². The van der Waals surface area contributed by atoms with Crippen molar-refractivity contribution in [1.29, 1.82) is 0 Å². The van der Waals surface area contributed by atoms with Gasteiger partial charge in [0.25, 0.3) is 0 Å². The molecule has 1 unspecified atom stereocenters. The van der Waals surface area contributed by atoms with Crippen molar-refractivity contribution in [2.45, 2.75) is 18.7 Å². The van der Waals surface area contributed by atoms with Gasteiger partial charge in [-0.3, -0.25) is 4.79 Å². The fourth-order valence-corrected chi connectivity index (χ4v) is 2.52. The zero-order chi connectivity index (χ0) is 13.4. The van der Waals surface area contributed by atoms with Crippen LogP contribution in [0.2, 0.25) is 0 Å². The SMILES string of the molecule is CC(Cl)C(=O)Nc1ccc2c(c1)Cc1ccccc1-2. The van der Waals surface area contributed by atoms with Crippen molar-refractivity contribution in [1.82, 2.24) is 0 Å². The summed E-state index contributed by atoms with van der Waals surface area (Å²) in [6, 6.07) is 14.4. The molecule has 0 aromatic heterocycles. The Bertz CT molecular complexity index is 649. The summed E-state index contributed by atoms with van der Waals surface area (Å²) in [6.45, 7) is 1.67. The number of amides is 1. The van der Waals surface area contributed by atoms with E-state index >= 15 is 0 Å². The van der Waals surface area contributed by atoms with Crippen molar-refractivity contribution in [2.24, 2.45) is 0 Å². The minimum absolute atomic E-state index is 0.169. The van der Waals surface area contributed by atoms with Crippen molar-refractivity contribution in [2.75, 3.05) is 5.32 Å². The first kappa shape index (κ1) is 12.2. The van der Waals surface area contributed by atoms with E-state index in [1.807, 2.05) is 12.1 Å². The topological polar surface area (TPSA) is 29.1 Å². The van der Waals surface area contributed by atoms with Crippen molar-refractivity contribution in [3.8, 4) is 11.1 Å². The predicted octanol–water partition coefficient (Wildman–Crippen LogP) is 3.82. The number of hydrogen-bond acceptors (Lipinski definition) is 1. The molecular formula is C16H14ClNO. The number of hydrogen-bond donors (Lipinski definition) is 1. The van der Waals surface area contributed by atoms with E-state index in [1.165, 1.54) is 22.3 Å². The van der Waals surface area contributed by atoms with Crippen LogP contribution in [0.3, 0.4) is 0 Å². The molecule has 0 bridgehead atoms. The highest BCUT2D eigenvalue weighted by molar-refractivity contribution is 6.32. The number of benzene rings is 2. The standard InChI is InChI=1S/C16H14ClNO/c1-10(17)16(19)18-13-6-7-15-12(9-13)8-11-4-2-3-5-14(11)15/h2-7,9-10H,8H2,1H3,(H,18,19). The van der Waals surface area contributed by atoms with Crippen LogP contribution in [-0.4, -0.2) is 11.3 Å². The molecule has 1 amide bonds. The first-order valence-electron chi connectivity index (χ1n) is 6.31. The molecule has 3 rings (SSSR count). The van der Waals surface area contributed by atoms with Crippen LogP contribution in [0.4, 0.5) is 5.69 Å². The average Bonchev–Trinajstić information content (AvgIpc) is 2.76. The predicted molar refractivity (Wildman–Crippen MR) is 78.6 cm³/mol. The lowest BCUT2D eigenvalue weighted by molar-refractivity contribution is -0.115. The number of alkyl halides is 1. The summed E-state index contributed by atoms with van der Waals surface area (Å²) in [5, 5.41) is 2.30. The quantitative estimate of drug-likeness (QED) is 0.705. The number of anilines is 1. The number of carbonyl (C=O) groups is 1. The molecule has 2 aromatic carbocycles. The Balaban J connectivity index is 1.91. The van der Waals surface area contributed by atoms with Gasteiger partial charge in [-0.1, -0.05) is 30.3 Å². The van der Waals surface area contributed by atoms with E-state index < -0.39 is 5.38 Å². The summed E-state index contributed by atoms with van der Waals surface area (Å²) >= 11 is 5.76. The fraction of sp³-hybridized carbons (Fsp3) is 0.188. The van der Waals surface area contributed by atoms with Crippen molar-refractivity contribution >= 4 is 23.2 Å². The van der Waals surface area contributed by atoms with Gasteiger partial charge in [0.2, 0.25) is 5.91 Å². The van der Waals surface area contributed by atoms with Gasteiger partial charge in [0.1, 0.15) is 5.38 Å². The molecule has 0 saturated heterocycles. The summed E-state index contributed by atoms with van der Waals surface area (Å²) in [5.74, 6) is -0.169. The lowest BCUT2D eigenvalue weighted by Gasteiger charge is -2.08. The van der Waals surface area contributed by atoms with Gasteiger partial charge in [-0.05, 0) is 47.7 Å². The molecule has 2 aromatic rings. The maximum atomic E-state index is 11.6. The lowest BCUT2D eigenvalue weighted by Crippen LogP contribution is -2.20. The van der Waals surface area contributed by atoms with E-state index in [0.717, 1.165) is 12.1 Å². The summed E-state index contributed by atoms with van der Waals surface area (Å²) in [4.78, 5) is 11.6. The molecule has 0 aliphatic heterocycles. The minimum Gasteiger partial charge on any atom is -0.325 e. The molecule has 1 atom stereocenters. The minimum atomic E-state index is -0.523. The molecule has 1 aliphatic rings. The Labute approximate surface area is 117 Å². The molecule has 19 heavy (non-hydrogen) atoms. The molecule has 0 saturated carbocycles. The van der Waals surface area contributed by atoms with E-state index in [9.17, 15) is 4.79 Å². The second kappa shape index (κ2) is 4.71. The van der Waals surface area contributed by atoms with Crippen LogP contribution in [0.15, 0.2) is 42.5 Å². The number of fused-ring (bicyclic) bond motifs is 3. The second-order valence-electron chi connectivity index (χ2n) is 4.81. The van der Waals surface area contributed by atoms with Crippen LogP contribution in [-0.2, 0) is 11.2 Å². The van der Waals surface area contributed by atoms with Gasteiger partial charge < -0.3 is 5.32 Å². The number of halogens is 1. The maximum absolute atomic E-state index is 11.6. The van der Waals surface area contributed by atoms with E-state index in [1.54, 1.807) is 6.92 Å². The Morgan fingerprint density at radius 1 is 1.16 bits per heavy atom. The first-order chi connectivity index (χ1) is 9.15. The van der Waals surface area contributed by atoms with Gasteiger partial charge in [-0.25, -0.2) is 0 Å². The summed E-state index contributed by atoms with van der Waals surface area (Å²) < 4.78 is 0. The van der Waals surface area contributed by atoms with Crippen LogP contribution in [0.1, 0.15) is 18.1 Å². The molecule has 0 radical (unpaired) electrons. The summed E-state index contributed by atoms with van der Waals surface area (Å²) in [6.07, 6.45) is 0.922. The average molecular weight is 272 g/mol. The maximum Gasteiger partial charge on any atom is 0.242 e. The second-order valence-corrected chi connectivity index (χ2v) is 5.47. The van der Waals surface area contributed by atoms with Crippen molar-refractivity contribution < 1.29 is 4.79 Å². The molecule has 1 aliphatic carbocycles. The highest BCUT2D eigenvalue weighted by Gasteiger charge is 2.18. The third-order valence-electron chi connectivity index (χ3n) is 3.42. The number of rotatable bonds is 2. The van der Waals surface area contributed by atoms with E-state index in [0.29, 0.717) is 0 Å². The number of carbonyl (C=O) groups excluding carboxylic acids is 1. The lowest BCUT2D eigenvalue weighted by atomic mass is 10.1. The molecule has 0 spiro atoms. The summed E-state index contributed by atoms with van der Waals surface area (Å²) in [5.41, 5.74) is 5.95. The van der Waals surface area contributed by atoms with E-state index in [-0.39, 0.29) is 5.91 Å². The zero-order valence-electron chi connectivity index (χ0n) is 10.6. The first-order valence-corrected chi connectivity index (χ1v) is 6.75. The van der Waals surface area contributed by atoms with E-state index in [2.05, 4.69) is 35.6 Å². The molecule has 1 N–H and O–H groups in total. The van der Waals surface area contributed by atoms with Crippen LogP contribution in [0.5, 0.6) is 0 Å².